The zero-order valence-corrected chi connectivity index (χ0v) is 18.9. The summed E-state index contributed by atoms with van der Waals surface area (Å²) in [5, 5.41) is 16.5. The van der Waals surface area contributed by atoms with Gasteiger partial charge in [-0.3, -0.25) is 0 Å². The van der Waals surface area contributed by atoms with E-state index in [1.807, 2.05) is 24.3 Å². The van der Waals surface area contributed by atoms with Gasteiger partial charge in [-0.1, -0.05) is 47.3 Å². The zero-order chi connectivity index (χ0) is 21.6. The molecule has 0 radical (unpaired) electrons. The first-order valence-electron chi connectivity index (χ1n) is 9.55. The quantitative estimate of drug-likeness (QED) is 0.341. The standard InChI is InChI=1S/C21H21N5O3S2/c1-4-13-5-7-14(8-6-13)22-20-24-25-21(31-20)30-12-18-23-19(26-29-18)16-10-9-15(27-2)11-17(16)28-3/h5-11H,4,12H2,1-3H3,(H,22,24). The lowest BCUT2D eigenvalue weighted by molar-refractivity contribution is 0.388. The van der Waals surface area contributed by atoms with Crippen LogP contribution in [0.15, 0.2) is 51.3 Å². The molecule has 1 N–H and O–H groups in total. The van der Waals surface area contributed by atoms with Gasteiger partial charge in [0.2, 0.25) is 16.8 Å². The highest BCUT2D eigenvalue weighted by molar-refractivity contribution is 8.00. The Labute approximate surface area is 188 Å². The van der Waals surface area contributed by atoms with Crippen LogP contribution in [0.2, 0.25) is 0 Å². The number of thioether (sulfide) groups is 1. The molecule has 0 aliphatic rings. The van der Waals surface area contributed by atoms with Crippen molar-refractivity contribution in [2.24, 2.45) is 0 Å². The van der Waals surface area contributed by atoms with Crippen molar-refractivity contribution in [1.29, 1.82) is 0 Å². The Morgan fingerprint density at radius 3 is 2.65 bits per heavy atom. The number of rotatable bonds is 9. The van der Waals surface area contributed by atoms with Gasteiger partial charge in [0, 0.05) is 11.8 Å². The predicted octanol–water partition coefficient (Wildman–Crippen LogP) is 5.20. The Morgan fingerprint density at radius 2 is 1.90 bits per heavy atom. The Bertz CT molecular complexity index is 1140. The van der Waals surface area contributed by atoms with Crippen molar-refractivity contribution in [3.63, 3.8) is 0 Å². The fourth-order valence-corrected chi connectivity index (χ4v) is 4.41. The van der Waals surface area contributed by atoms with Crippen molar-refractivity contribution in [1.82, 2.24) is 20.3 Å². The van der Waals surface area contributed by atoms with Crippen molar-refractivity contribution < 1.29 is 14.0 Å². The topological polar surface area (TPSA) is 95.2 Å². The van der Waals surface area contributed by atoms with Gasteiger partial charge < -0.3 is 19.3 Å². The first-order chi connectivity index (χ1) is 15.2. The lowest BCUT2D eigenvalue weighted by Crippen LogP contribution is -1.91. The normalized spacial score (nSPS) is 10.8. The number of nitrogens with zero attached hydrogens (tertiary/aromatic N) is 4. The largest absolute Gasteiger partial charge is 0.497 e. The molecule has 0 saturated heterocycles. The van der Waals surface area contributed by atoms with Crippen LogP contribution < -0.4 is 14.8 Å². The molecule has 2 heterocycles. The monoisotopic (exact) mass is 455 g/mol. The Morgan fingerprint density at radius 1 is 1.06 bits per heavy atom. The van der Waals surface area contributed by atoms with Crippen LogP contribution in [0.1, 0.15) is 18.4 Å². The third-order valence-electron chi connectivity index (χ3n) is 4.46. The summed E-state index contributed by atoms with van der Waals surface area (Å²) in [5.74, 6) is 2.77. The van der Waals surface area contributed by atoms with Gasteiger partial charge in [-0.15, -0.1) is 10.2 Å². The second-order valence-electron chi connectivity index (χ2n) is 6.42. The zero-order valence-electron chi connectivity index (χ0n) is 17.3. The van der Waals surface area contributed by atoms with Crippen LogP contribution in [0.5, 0.6) is 11.5 Å². The van der Waals surface area contributed by atoms with E-state index in [2.05, 4.69) is 44.7 Å². The van der Waals surface area contributed by atoms with Gasteiger partial charge in [0.1, 0.15) is 11.5 Å². The van der Waals surface area contributed by atoms with E-state index >= 15 is 0 Å². The molecule has 0 atom stereocenters. The van der Waals surface area contributed by atoms with E-state index < -0.39 is 0 Å². The third-order valence-corrected chi connectivity index (χ3v) is 6.41. The van der Waals surface area contributed by atoms with Gasteiger partial charge in [-0.25, -0.2) is 0 Å². The number of nitrogens with one attached hydrogen (secondary N) is 1. The fourth-order valence-electron chi connectivity index (χ4n) is 2.80. The van der Waals surface area contributed by atoms with E-state index in [9.17, 15) is 0 Å². The molecular weight excluding hydrogens is 434 g/mol. The smallest absolute Gasteiger partial charge is 0.237 e. The summed E-state index contributed by atoms with van der Waals surface area (Å²) < 4.78 is 16.8. The number of benzene rings is 2. The van der Waals surface area contributed by atoms with Crippen molar-refractivity contribution in [3.05, 3.63) is 53.9 Å². The number of anilines is 2. The van der Waals surface area contributed by atoms with Crippen LogP contribution in [0, 0.1) is 0 Å². The molecule has 0 bridgehead atoms. The fraction of sp³-hybridized carbons (Fsp3) is 0.238. The van der Waals surface area contributed by atoms with Crippen molar-refractivity contribution in [3.8, 4) is 22.9 Å². The maximum atomic E-state index is 5.41. The maximum Gasteiger partial charge on any atom is 0.237 e. The molecule has 10 heteroatoms. The molecule has 4 rings (SSSR count). The summed E-state index contributed by atoms with van der Waals surface area (Å²) in [6.07, 6.45) is 1.02. The molecule has 2 aromatic carbocycles. The van der Waals surface area contributed by atoms with E-state index in [4.69, 9.17) is 14.0 Å². The molecule has 0 amide bonds. The summed E-state index contributed by atoms with van der Waals surface area (Å²) in [4.78, 5) is 4.47. The van der Waals surface area contributed by atoms with E-state index in [-0.39, 0.29) is 0 Å². The summed E-state index contributed by atoms with van der Waals surface area (Å²) >= 11 is 2.97. The molecule has 160 valence electrons. The van der Waals surface area contributed by atoms with Crippen LogP contribution in [-0.2, 0) is 12.2 Å². The highest BCUT2D eigenvalue weighted by Gasteiger charge is 2.15. The van der Waals surface area contributed by atoms with Gasteiger partial charge in [0.15, 0.2) is 4.34 Å². The van der Waals surface area contributed by atoms with Gasteiger partial charge in [-0.05, 0) is 36.2 Å². The van der Waals surface area contributed by atoms with Crippen LogP contribution in [0.3, 0.4) is 0 Å². The Hall–Kier alpha value is -3.11. The number of aryl methyl sites for hydroxylation is 1. The molecule has 0 aliphatic carbocycles. The Kier molecular flexibility index (Phi) is 6.68. The van der Waals surface area contributed by atoms with Crippen LogP contribution >= 0.6 is 23.1 Å². The molecule has 31 heavy (non-hydrogen) atoms. The molecule has 4 aromatic rings. The van der Waals surface area contributed by atoms with Gasteiger partial charge in [-0.2, -0.15) is 4.98 Å². The van der Waals surface area contributed by atoms with E-state index in [1.165, 1.54) is 28.7 Å². The molecule has 2 aromatic heterocycles. The van der Waals surface area contributed by atoms with Crippen molar-refractivity contribution in [2.45, 2.75) is 23.4 Å². The van der Waals surface area contributed by atoms with Crippen LogP contribution in [-0.4, -0.2) is 34.6 Å². The van der Waals surface area contributed by atoms with E-state index in [0.29, 0.717) is 29.0 Å². The Balaban J connectivity index is 1.38. The van der Waals surface area contributed by atoms with E-state index in [1.54, 1.807) is 20.3 Å². The van der Waals surface area contributed by atoms with E-state index in [0.717, 1.165) is 27.1 Å². The minimum atomic E-state index is 0.463. The maximum absolute atomic E-state index is 5.41. The molecule has 0 saturated carbocycles. The number of hydrogen-bond acceptors (Lipinski definition) is 10. The van der Waals surface area contributed by atoms with Gasteiger partial charge in [0.25, 0.3) is 0 Å². The second kappa shape index (κ2) is 9.80. The third kappa shape index (κ3) is 5.15. The average molecular weight is 456 g/mol. The highest BCUT2D eigenvalue weighted by atomic mass is 32.2. The van der Waals surface area contributed by atoms with Crippen molar-refractivity contribution >= 4 is 33.9 Å². The first-order valence-corrected chi connectivity index (χ1v) is 11.4. The van der Waals surface area contributed by atoms with Gasteiger partial charge in [0.05, 0.1) is 25.5 Å². The molecule has 0 fully saturated rings. The SMILES string of the molecule is CCc1ccc(Nc2nnc(SCc3nc(-c4ccc(OC)cc4OC)no3)s2)cc1. The summed E-state index contributed by atoms with van der Waals surface area (Å²) in [7, 11) is 3.20. The van der Waals surface area contributed by atoms with Crippen LogP contribution in [0.4, 0.5) is 10.8 Å². The van der Waals surface area contributed by atoms with Crippen molar-refractivity contribution in [2.75, 3.05) is 19.5 Å². The molecule has 0 aliphatic heterocycles. The summed E-state index contributed by atoms with van der Waals surface area (Å²) in [5.41, 5.74) is 3.02. The predicted molar refractivity (Wildman–Crippen MR) is 121 cm³/mol. The van der Waals surface area contributed by atoms with Gasteiger partial charge >= 0.3 is 0 Å². The molecule has 0 unspecified atom stereocenters. The molecular formula is C21H21N5O3S2. The molecule has 0 spiro atoms. The lowest BCUT2D eigenvalue weighted by atomic mass is 10.1. The van der Waals surface area contributed by atoms with Crippen LogP contribution in [0.25, 0.3) is 11.4 Å². The minimum absolute atomic E-state index is 0.463. The summed E-state index contributed by atoms with van der Waals surface area (Å²) in [6.45, 7) is 2.14. The number of aromatic nitrogens is 4. The highest BCUT2D eigenvalue weighted by Crippen LogP contribution is 2.33. The molecule has 8 nitrogen and oxygen atoms in total. The summed E-state index contributed by atoms with van der Waals surface area (Å²) in [6, 6.07) is 13.7. The first kappa shape index (κ1) is 21.1. The average Bonchev–Trinajstić information content (AvgIpc) is 3.47. The number of ether oxygens (including phenoxy) is 2. The number of hydrogen-bond donors (Lipinski definition) is 1. The minimum Gasteiger partial charge on any atom is -0.497 e. The second-order valence-corrected chi connectivity index (χ2v) is 8.62. The number of methoxy groups -OCH3 is 2. The lowest BCUT2D eigenvalue weighted by Gasteiger charge is -2.07.